The summed E-state index contributed by atoms with van der Waals surface area (Å²) >= 11 is 0. The molecule has 0 saturated carbocycles. The van der Waals surface area contributed by atoms with Gasteiger partial charge in [0.15, 0.2) is 0 Å². The summed E-state index contributed by atoms with van der Waals surface area (Å²) < 4.78 is 0. The van der Waals surface area contributed by atoms with E-state index in [0.717, 1.165) is 25.7 Å². The van der Waals surface area contributed by atoms with E-state index in [9.17, 15) is 14.4 Å². The molecule has 0 radical (unpaired) electrons. The molecule has 0 atom stereocenters. The maximum atomic E-state index is 13.1. The first-order valence-corrected chi connectivity index (χ1v) is 8.97. The molecule has 25 heavy (non-hydrogen) atoms. The van der Waals surface area contributed by atoms with E-state index >= 15 is 0 Å². The molecule has 134 valence electrons. The molecule has 0 aliphatic heterocycles. The predicted octanol–water partition coefficient (Wildman–Crippen LogP) is 3.32. The molecule has 0 heterocycles. The summed E-state index contributed by atoms with van der Waals surface area (Å²) in [6.45, 7) is 6.54. The summed E-state index contributed by atoms with van der Waals surface area (Å²) in [7, 11) is 0. The topological polar surface area (TPSA) is 66.5 Å². The number of hydrogen-bond acceptors (Lipinski definition) is 4. The molecule has 1 aromatic carbocycles. The number of amides is 1. The number of benzene rings is 1. The average Bonchev–Trinajstić information content (AvgIpc) is 2.61. The van der Waals surface area contributed by atoms with Gasteiger partial charge >= 0.3 is 0 Å². The Kier molecular flexibility index (Phi) is 6.51. The minimum absolute atomic E-state index is 0.195. The Balaban J connectivity index is 2.53. The van der Waals surface area contributed by atoms with Crippen molar-refractivity contribution in [1.82, 2.24) is 10.2 Å². The quantitative estimate of drug-likeness (QED) is 0.736. The number of hydrogen-bond donors (Lipinski definition) is 1. The lowest BCUT2D eigenvalue weighted by Crippen LogP contribution is -2.41. The third-order valence-electron chi connectivity index (χ3n) is 4.31. The van der Waals surface area contributed by atoms with Gasteiger partial charge in [-0.25, -0.2) is 0 Å². The van der Waals surface area contributed by atoms with Gasteiger partial charge in [-0.05, 0) is 12.8 Å². The summed E-state index contributed by atoms with van der Waals surface area (Å²) in [5.41, 5.74) is 1.21. The van der Waals surface area contributed by atoms with Crippen molar-refractivity contribution in [3.05, 3.63) is 46.8 Å². The average molecular weight is 342 g/mol. The number of fused-ring (bicyclic) bond motifs is 1. The highest BCUT2D eigenvalue weighted by atomic mass is 16.2. The van der Waals surface area contributed by atoms with Crippen molar-refractivity contribution in [2.24, 2.45) is 0 Å². The molecule has 0 saturated heterocycles. The fourth-order valence-corrected chi connectivity index (χ4v) is 2.92. The van der Waals surface area contributed by atoms with E-state index in [1.54, 1.807) is 24.3 Å². The number of nitrogens with zero attached hydrogens (tertiary/aromatic N) is 1. The third kappa shape index (κ3) is 3.98. The number of carbonyl (C=O) groups excluding carboxylic acids is 3. The van der Waals surface area contributed by atoms with Gasteiger partial charge in [0.25, 0.3) is 0 Å². The largest absolute Gasteiger partial charge is 0.380 e. The van der Waals surface area contributed by atoms with Crippen LogP contribution in [0.15, 0.2) is 35.7 Å². The van der Waals surface area contributed by atoms with Gasteiger partial charge in [0.05, 0.1) is 0 Å². The van der Waals surface area contributed by atoms with Gasteiger partial charge in [0.1, 0.15) is 11.4 Å². The number of rotatable bonds is 8. The maximum absolute atomic E-state index is 13.1. The molecule has 0 spiro atoms. The van der Waals surface area contributed by atoms with Gasteiger partial charge in [-0.3, -0.25) is 14.4 Å². The van der Waals surface area contributed by atoms with Crippen molar-refractivity contribution in [2.75, 3.05) is 13.1 Å². The van der Waals surface area contributed by atoms with Crippen LogP contribution < -0.4 is 5.32 Å². The van der Waals surface area contributed by atoms with Crippen molar-refractivity contribution < 1.29 is 14.4 Å². The van der Waals surface area contributed by atoms with Gasteiger partial charge in [0.2, 0.25) is 17.5 Å². The highest BCUT2D eigenvalue weighted by molar-refractivity contribution is 6.27. The van der Waals surface area contributed by atoms with Crippen molar-refractivity contribution in [2.45, 2.75) is 46.5 Å². The van der Waals surface area contributed by atoms with Crippen LogP contribution in [-0.2, 0) is 4.79 Å². The smallest absolute Gasteiger partial charge is 0.224 e. The summed E-state index contributed by atoms with van der Waals surface area (Å²) in [6, 6.07) is 6.80. The first-order valence-electron chi connectivity index (χ1n) is 8.97. The molecule has 1 aromatic rings. The first kappa shape index (κ1) is 18.9. The van der Waals surface area contributed by atoms with Crippen LogP contribution in [0.5, 0.6) is 0 Å². The molecule has 2 rings (SSSR count). The zero-order chi connectivity index (χ0) is 18.4. The van der Waals surface area contributed by atoms with Crippen LogP contribution in [0.25, 0.3) is 0 Å². The van der Waals surface area contributed by atoms with Crippen LogP contribution in [0.4, 0.5) is 0 Å². The van der Waals surface area contributed by atoms with Crippen LogP contribution in [0, 0.1) is 0 Å². The van der Waals surface area contributed by atoms with E-state index in [0.29, 0.717) is 24.2 Å². The molecule has 0 aromatic heterocycles. The Morgan fingerprint density at radius 1 is 1.00 bits per heavy atom. The van der Waals surface area contributed by atoms with E-state index < -0.39 is 0 Å². The molecule has 0 unspecified atom stereocenters. The molecular weight excluding hydrogens is 316 g/mol. The fourth-order valence-electron chi connectivity index (χ4n) is 2.92. The van der Waals surface area contributed by atoms with Gasteiger partial charge in [-0.2, -0.15) is 0 Å². The normalized spacial score (nSPS) is 13.7. The van der Waals surface area contributed by atoms with E-state index in [-0.39, 0.29) is 28.9 Å². The lowest BCUT2D eigenvalue weighted by atomic mass is 9.89. The van der Waals surface area contributed by atoms with E-state index in [1.807, 2.05) is 6.92 Å². The number of Topliss-reactive ketones (excluding diaryl/α,β-unsaturated/α-hetero) is 2. The van der Waals surface area contributed by atoms with Crippen LogP contribution in [0.3, 0.4) is 0 Å². The molecule has 1 aliphatic rings. The number of unbranched alkanes of at least 4 members (excludes halogenated alkanes) is 2. The number of allylic oxidation sites excluding steroid dienone is 2. The van der Waals surface area contributed by atoms with Crippen LogP contribution >= 0.6 is 0 Å². The summed E-state index contributed by atoms with van der Waals surface area (Å²) in [4.78, 5) is 39.7. The third-order valence-corrected chi connectivity index (χ3v) is 4.31. The fraction of sp³-hybridized carbons (Fsp3) is 0.450. The summed E-state index contributed by atoms with van der Waals surface area (Å²) in [5, 5.41) is 3.12. The lowest BCUT2D eigenvalue weighted by Gasteiger charge is -2.29. The summed E-state index contributed by atoms with van der Waals surface area (Å²) in [5.74, 6) is -0.705. The van der Waals surface area contributed by atoms with Gasteiger partial charge < -0.3 is 10.2 Å². The van der Waals surface area contributed by atoms with Gasteiger partial charge in [-0.1, -0.05) is 51.0 Å². The Bertz CT molecular complexity index is 707. The minimum atomic E-state index is -0.263. The first-order chi connectivity index (χ1) is 12.0. The molecule has 0 bridgehead atoms. The molecule has 5 nitrogen and oxygen atoms in total. The maximum Gasteiger partial charge on any atom is 0.224 e. The lowest BCUT2D eigenvalue weighted by molar-refractivity contribution is -0.126. The predicted molar refractivity (Wildman–Crippen MR) is 97.3 cm³/mol. The van der Waals surface area contributed by atoms with Crippen LogP contribution in [-0.4, -0.2) is 35.5 Å². The minimum Gasteiger partial charge on any atom is -0.380 e. The second-order valence-electron chi connectivity index (χ2n) is 6.23. The highest BCUT2D eigenvalue weighted by Crippen LogP contribution is 2.27. The number of carbonyl (C=O) groups is 3. The van der Waals surface area contributed by atoms with Crippen LogP contribution in [0.2, 0.25) is 0 Å². The summed E-state index contributed by atoms with van der Waals surface area (Å²) in [6.07, 6.45) is 3.53. The Hall–Kier alpha value is -2.43. The molecule has 0 fully saturated rings. The second kappa shape index (κ2) is 8.60. The SMILES string of the molecule is CCCCNC1=C(N(CCCC)C(C)=O)C(=O)c2ccccc2C1=O. The standard InChI is InChI=1S/C20H26N2O3/c1-4-6-12-21-17-18(22(14(3)23)13-7-5-2)20(25)16-11-9-8-10-15(16)19(17)24/h8-11,21H,4-7,12-13H2,1-3H3. The van der Waals surface area contributed by atoms with Gasteiger partial charge in [0, 0.05) is 31.1 Å². The molecule has 1 N–H and O–H groups in total. The van der Waals surface area contributed by atoms with E-state index in [1.165, 1.54) is 11.8 Å². The van der Waals surface area contributed by atoms with Crippen molar-refractivity contribution in [3.63, 3.8) is 0 Å². The second-order valence-corrected chi connectivity index (χ2v) is 6.23. The number of ketones is 2. The zero-order valence-corrected chi connectivity index (χ0v) is 15.2. The van der Waals surface area contributed by atoms with Gasteiger partial charge in [-0.15, -0.1) is 0 Å². The van der Waals surface area contributed by atoms with Crippen molar-refractivity contribution in [3.8, 4) is 0 Å². The van der Waals surface area contributed by atoms with E-state index in [2.05, 4.69) is 12.2 Å². The van der Waals surface area contributed by atoms with Crippen molar-refractivity contribution >= 4 is 17.5 Å². The molecule has 5 heteroatoms. The zero-order valence-electron chi connectivity index (χ0n) is 15.2. The Morgan fingerprint density at radius 3 is 2.16 bits per heavy atom. The van der Waals surface area contributed by atoms with Crippen LogP contribution in [0.1, 0.15) is 67.2 Å². The Labute approximate surface area is 149 Å². The molecule has 1 aliphatic carbocycles. The molecule has 1 amide bonds. The highest BCUT2D eigenvalue weighted by Gasteiger charge is 2.36. The molecular formula is C20H26N2O3. The van der Waals surface area contributed by atoms with Crippen molar-refractivity contribution in [1.29, 1.82) is 0 Å². The van der Waals surface area contributed by atoms with E-state index in [4.69, 9.17) is 0 Å². The Morgan fingerprint density at radius 2 is 1.60 bits per heavy atom. The monoisotopic (exact) mass is 342 g/mol. The number of nitrogens with one attached hydrogen (secondary N) is 1.